The SMILES string of the molecule is CCC(C)C(N)C(=O)NCCOc1cccc2ccccc12.Cl. The number of hydrogen-bond acceptors (Lipinski definition) is 3. The molecule has 0 fully saturated rings. The summed E-state index contributed by atoms with van der Waals surface area (Å²) in [5.41, 5.74) is 5.89. The molecule has 0 saturated heterocycles. The molecule has 0 radical (unpaired) electrons. The average molecular weight is 337 g/mol. The molecule has 0 saturated carbocycles. The van der Waals surface area contributed by atoms with Gasteiger partial charge in [0.1, 0.15) is 12.4 Å². The summed E-state index contributed by atoms with van der Waals surface area (Å²) in [7, 11) is 0. The highest BCUT2D eigenvalue weighted by Gasteiger charge is 2.18. The van der Waals surface area contributed by atoms with Gasteiger partial charge in [-0.2, -0.15) is 0 Å². The molecule has 0 heterocycles. The van der Waals surface area contributed by atoms with Crippen LogP contribution in [0.2, 0.25) is 0 Å². The number of nitrogens with one attached hydrogen (secondary N) is 1. The van der Waals surface area contributed by atoms with Crippen molar-refractivity contribution in [3.05, 3.63) is 42.5 Å². The molecule has 23 heavy (non-hydrogen) atoms. The molecule has 4 nitrogen and oxygen atoms in total. The van der Waals surface area contributed by atoms with Crippen molar-refractivity contribution in [3.8, 4) is 5.75 Å². The lowest BCUT2D eigenvalue weighted by Gasteiger charge is -2.17. The molecule has 0 bridgehead atoms. The van der Waals surface area contributed by atoms with Gasteiger partial charge in [-0.05, 0) is 17.4 Å². The molecule has 2 unspecified atom stereocenters. The highest BCUT2D eigenvalue weighted by molar-refractivity contribution is 5.88. The van der Waals surface area contributed by atoms with Gasteiger partial charge in [0.15, 0.2) is 0 Å². The fraction of sp³-hybridized carbons (Fsp3) is 0.389. The summed E-state index contributed by atoms with van der Waals surface area (Å²) >= 11 is 0. The summed E-state index contributed by atoms with van der Waals surface area (Å²) in [5.74, 6) is 0.897. The summed E-state index contributed by atoms with van der Waals surface area (Å²) in [6.07, 6.45) is 0.890. The maximum atomic E-state index is 11.9. The number of carbonyl (C=O) groups excluding carboxylic acids is 1. The number of benzene rings is 2. The third-order valence-electron chi connectivity index (χ3n) is 3.97. The van der Waals surface area contributed by atoms with Crippen LogP contribution >= 0.6 is 12.4 Å². The van der Waals surface area contributed by atoms with E-state index in [1.54, 1.807) is 0 Å². The Balaban J connectivity index is 0.00000264. The van der Waals surface area contributed by atoms with E-state index < -0.39 is 6.04 Å². The largest absolute Gasteiger partial charge is 0.491 e. The lowest BCUT2D eigenvalue weighted by Crippen LogP contribution is -2.45. The van der Waals surface area contributed by atoms with Crippen LogP contribution in [0.1, 0.15) is 20.3 Å². The fourth-order valence-electron chi connectivity index (χ4n) is 2.29. The lowest BCUT2D eigenvalue weighted by molar-refractivity contribution is -0.123. The minimum atomic E-state index is -0.456. The zero-order valence-electron chi connectivity index (χ0n) is 13.6. The van der Waals surface area contributed by atoms with E-state index in [1.165, 1.54) is 0 Å². The van der Waals surface area contributed by atoms with Crippen molar-refractivity contribution >= 4 is 29.1 Å². The van der Waals surface area contributed by atoms with Crippen molar-refractivity contribution in [3.63, 3.8) is 0 Å². The minimum absolute atomic E-state index is 0. The third-order valence-corrected chi connectivity index (χ3v) is 3.97. The first-order valence-electron chi connectivity index (χ1n) is 7.77. The van der Waals surface area contributed by atoms with Gasteiger partial charge in [0.25, 0.3) is 0 Å². The van der Waals surface area contributed by atoms with Crippen LogP contribution in [0, 0.1) is 5.92 Å². The zero-order valence-corrected chi connectivity index (χ0v) is 14.4. The second-order valence-corrected chi connectivity index (χ2v) is 5.53. The summed E-state index contributed by atoms with van der Waals surface area (Å²) in [6.45, 7) is 4.89. The average Bonchev–Trinajstić information content (AvgIpc) is 2.57. The van der Waals surface area contributed by atoms with Crippen molar-refractivity contribution in [2.45, 2.75) is 26.3 Å². The van der Waals surface area contributed by atoms with E-state index >= 15 is 0 Å². The van der Waals surface area contributed by atoms with Gasteiger partial charge in [0.05, 0.1) is 12.6 Å². The highest BCUT2D eigenvalue weighted by atomic mass is 35.5. The lowest BCUT2D eigenvalue weighted by atomic mass is 9.99. The third kappa shape index (κ3) is 5.12. The Labute approximate surface area is 143 Å². The zero-order chi connectivity index (χ0) is 15.9. The molecule has 2 atom stereocenters. The van der Waals surface area contributed by atoms with E-state index in [0.29, 0.717) is 13.2 Å². The van der Waals surface area contributed by atoms with Gasteiger partial charge in [0.2, 0.25) is 5.91 Å². The monoisotopic (exact) mass is 336 g/mol. The summed E-state index contributed by atoms with van der Waals surface area (Å²) in [6, 6.07) is 13.6. The molecule has 0 aliphatic carbocycles. The number of hydrogen-bond donors (Lipinski definition) is 2. The predicted molar refractivity (Wildman–Crippen MR) is 97.1 cm³/mol. The Morgan fingerprint density at radius 3 is 2.65 bits per heavy atom. The van der Waals surface area contributed by atoms with Crippen molar-refractivity contribution in [1.29, 1.82) is 0 Å². The molecule has 5 heteroatoms. The van der Waals surface area contributed by atoms with Crippen LogP contribution < -0.4 is 15.8 Å². The minimum Gasteiger partial charge on any atom is -0.491 e. The summed E-state index contributed by atoms with van der Waals surface area (Å²) in [5, 5.41) is 5.05. The first-order chi connectivity index (χ1) is 10.6. The summed E-state index contributed by atoms with van der Waals surface area (Å²) < 4.78 is 5.78. The number of ether oxygens (including phenoxy) is 1. The summed E-state index contributed by atoms with van der Waals surface area (Å²) in [4.78, 5) is 11.9. The Morgan fingerprint density at radius 2 is 1.91 bits per heavy atom. The molecule has 1 amide bonds. The molecule has 126 valence electrons. The number of nitrogens with two attached hydrogens (primary N) is 1. The van der Waals surface area contributed by atoms with Gasteiger partial charge < -0.3 is 15.8 Å². The number of halogens is 1. The van der Waals surface area contributed by atoms with E-state index in [4.69, 9.17) is 10.5 Å². The second kappa shape index (κ2) is 9.38. The maximum Gasteiger partial charge on any atom is 0.237 e. The van der Waals surface area contributed by atoms with Gasteiger partial charge >= 0.3 is 0 Å². The molecule has 2 aromatic rings. The maximum absolute atomic E-state index is 11.9. The second-order valence-electron chi connectivity index (χ2n) is 5.53. The van der Waals surface area contributed by atoms with Crippen molar-refractivity contribution < 1.29 is 9.53 Å². The molecular weight excluding hydrogens is 312 g/mol. The number of carbonyl (C=O) groups is 1. The molecular formula is C18H25ClN2O2. The topological polar surface area (TPSA) is 64.4 Å². The Morgan fingerprint density at radius 1 is 1.22 bits per heavy atom. The number of amides is 1. The molecule has 0 aromatic heterocycles. The van der Waals surface area contributed by atoms with Gasteiger partial charge in [-0.25, -0.2) is 0 Å². The van der Waals surface area contributed by atoms with Crippen LogP contribution in [0.4, 0.5) is 0 Å². The van der Waals surface area contributed by atoms with E-state index in [-0.39, 0.29) is 24.2 Å². The van der Waals surface area contributed by atoms with Crippen LogP contribution in [0.25, 0.3) is 10.8 Å². The first kappa shape index (κ1) is 19.3. The van der Waals surface area contributed by atoms with Crippen LogP contribution in [-0.4, -0.2) is 25.1 Å². The van der Waals surface area contributed by atoms with E-state index in [2.05, 4.69) is 17.4 Å². The van der Waals surface area contributed by atoms with Crippen molar-refractivity contribution in [1.82, 2.24) is 5.32 Å². The van der Waals surface area contributed by atoms with Crippen LogP contribution in [-0.2, 0) is 4.79 Å². The van der Waals surface area contributed by atoms with Gasteiger partial charge in [0, 0.05) is 5.39 Å². The van der Waals surface area contributed by atoms with E-state index in [1.807, 2.05) is 44.2 Å². The Kier molecular flexibility index (Phi) is 7.86. The van der Waals surface area contributed by atoms with E-state index in [9.17, 15) is 4.79 Å². The van der Waals surface area contributed by atoms with Crippen molar-refractivity contribution in [2.75, 3.05) is 13.2 Å². The van der Waals surface area contributed by atoms with E-state index in [0.717, 1.165) is 22.9 Å². The number of fused-ring (bicyclic) bond motifs is 1. The molecule has 2 aromatic carbocycles. The highest BCUT2D eigenvalue weighted by Crippen LogP contribution is 2.24. The number of rotatable bonds is 7. The van der Waals surface area contributed by atoms with Gasteiger partial charge in [-0.1, -0.05) is 56.7 Å². The first-order valence-corrected chi connectivity index (χ1v) is 7.77. The standard InChI is InChI=1S/C18H24N2O2.ClH/c1-3-13(2)17(19)18(21)20-11-12-22-16-10-6-8-14-7-4-5-9-15(14)16;/h4-10,13,17H,3,11-12,19H2,1-2H3,(H,20,21);1H. The quantitative estimate of drug-likeness (QED) is 0.763. The molecule has 0 spiro atoms. The predicted octanol–water partition coefficient (Wildman–Crippen LogP) is 3.13. The smallest absolute Gasteiger partial charge is 0.237 e. The normalized spacial score (nSPS) is 13.0. The van der Waals surface area contributed by atoms with Crippen LogP contribution in [0.3, 0.4) is 0 Å². The molecule has 2 rings (SSSR count). The van der Waals surface area contributed by atoms with Crippen LogP contribution in [0.5, 0.6) is 5.75 Å². The van der Waals surface area contributed by atoms with Gasteiger partial charge in [-0.3, -0.25) is 4.79 Å². The van der Waals surface area contributed by atoms with Crippen molar-refractivity contribution in [2.24, 2.45) is 11.7 Å². The molecule has 0 aliphatic rings. The Bertz CT molecular complexity index is 628. The Hall–Kier alpha value is -1.78. The molecule has 3 N–H and O–H groups in total. The van der Waals surface area contributed by atoms with Crippen LogP contribution in [0.15, 0.2) is 42.5 Å². The fourth-order valence-corrected chi connectivity index (χ4v) is 2.29. The van der Waals surface area contributed by atoms with Gasteiger partial charge in [-0.15, -0.1) is 12.4 Å². The molecule has 0 aliphatic heterocycles.